The Morgan fingerprint density at radius 3 is 2.19 bits per heavy atom. The van der Waals surface area contributed by atoms with Gasteiger partial charge in [-0.1, -0.05) is 30.3 Å². The molecule has 2 aromatic carbocycles. The lowest BCUT2D eigenvalue weighted by Crippen LogP contribution is -2.49. The van der Waals surface area contributed by atoms with Crippen molar-refractivity contribution in [2.75, 3.05) is 20.7 Å². The highest BCUT2D eigenvalue weighted by Gasteiger charge is 2.53. The summed E-state index contributed by atoms with van der Waals surface area (Å²) in [6.45, 7) is 1.87. The van der Waals surface area contributed by atoms with Crippen molar-refractivity contribution in [3.63, 3.8) is 0 Å². The van der Waals surface area contributed by atoms with E-state index in [1.165, 1.54) is 11.1 Å². The standard InChI is InChI=1S/C24H25NO4.C6H10O8/c1-25-13-12-24-11-10-18(28-23(26)16-6-4-3-5-7-16)14-20(24)29-22-19(27-2)9-8-17(15-25)21(22)24;7-1(3(9)5(11)12)2(8)4(10)6(13)14/h3-11,18,20H,12-15H2,1-2H3;1-4,7-10H,(H,11,12)(H,13,14)/t18-,20?,24-;1-,2-,3-,4+/m00/s1. The molecule has 0 bridgehead atoms. The monoisotopic (exact) mass is 601 g/mol. The maximum Gasteiger partial charge on any atom is 0.338 e. The van der Waals surface area contributed by atoms with Crippen LogP contribution in [0.2, 0.25) is 0 Å². The van der Waals surface area contributed by atoms with E-state index < -0.39 is 36.4 Å². The van der Waals surface area contributed by atoms with Crippen LogP contribution < -0.4 is 9.47 Å². The molecule has 0 fully saturated rings. The second-order valence-corrected chi connectivity index (χ2v) is 10.7. The number of carboxylic acid groups (broad SMARTS) is 2. The zero-order valence-corrected chi connectivity index (χ0v) is 23.6. The van der Waals surface area contributed by atoms with Crippen LogP contribution in [0.4, 0.5) is 0 Å². The fourth-order valence-electron chi connectivity index (χ4n) is 5.60. The van der Waals surface area contributed by atoms with Crippen LogP contribution in [0, 0.1) is 0 Å². The first-order valence-corrected chi connectivity index (χ1v) is 13.6. The summed E-state index contributed by atoms with van der Waals surface area (Å²) in [7, 11) is 3.83. The van der Waals surface area contributed by atoms with Crippen molar-refractivity contribution < 1.29 is 59.2 Å². The van der Waals surface area contributed by atoms with E-state index in [1.807, 2.05) is 30.3 Å². The van der Waals surface area contributed by atoms with Crippen LogP contribution in [0.15, 0.2) is 54.6 Å². The molecule has 1 aliphatic carbocycles. The van der Waals surface area contributed by atoms with Crippen LogP contribution in [0.5, 0.6) is 11.5 Å². The van der Waals surface area contributed by atoms with Gasteiger partial charge in [-0.15, -0.1) is 0 Å². The van der Waals surface area contributed by atoms with Gasteiger partial charge >= 0.3 is 17.9 Å². The molecule has 3 aliphatic rings. The van der Waals surface area contributed by atoms with Gasteiger partial charge < -0.3 is 49.7 Å². The minimum Gasteiger partial charge on any atom is -0.493 e. The van der Waals surface area contributed by atoms with Crippen molar-refractivity contribution in [3.05, 3.63) is 71.3 Å². The molecular formula is C30H35NO12. The van der Waals surface area contributed by atoms with Gasteiger partial charge in [0.15, 0.2) is 23.7 Å². The first-order valence-electron chi connectivity index (χ1n) is 13.6. The molecule has 7 atom stereocenters. The predicted octanol–water partition coefficient (Wildman–Crippen LogP) is 0.314. The summed E-state index contributed by atoms with van der Waals surface area (Å²) in [4.78, 5) is 35.0. The highest BCUT2D eigenvalue weighted by molar-refractivity contribution is 5.89. The minimum atomic E-state index is -2.36. The number of methoxy groups -OCH3 is 1. The summed E-state index contributed by atoms with van der Waals surface area (Å²) in [6, 6.07) is 13.3. The maximum atomic E-state index is 12.5. The van der Waals surface area contributed by atoms with Crippen LogP contribution >= 0.6 is 0 Å². The van der Waals surface area contributed by atoms with Gasteiger partial charge in [-0.2, -0.15) is 0 Å². The quantitative estimate of drug-likeness (QED) is 0.178. The Kier molecular flexibility index (Phi) is 9.72. The third-order valence-electron chi connectivity index (χ3n) is 7.90. The number of esters is 1. The summed E-state index contributed by atoms with van der Waals surface area (Å²) in [5.41, 5.74) is 2.90. The molecule has 0 amide bonds. The third-order valence-corrected chi connectivity index (χ3v) is 7.90. The summed E-state index contributed by atoms with van der Waals surface area (Å²) in [5, 5.41) is 51.5. The van der Waals surface area contributed by atoms with E-state index in [2.05, 4.69) is 24.1 Å². The van der Waals surface area contributed by atoms with Crippen LogP contribution in [0.25, 0.3) is 0 Å². The van der Waals surface area contributed by atoms with Crippen molar-refractivity contribution in [1.82, 2.24) is 4.90 Å². The molecule has 2 heterocycles. The van der Waals surface area contributed by atoms with Crippen LogP contribution in [-0.4, -0.2) is 111 Å². The zero-order chi connectivity index (χ0) is 31.5. The topological polar surface area (TPSA) is 204 Å². The molecule has 2 aromatic rings. The van der Waals surface area contributed by atoms with Crippen LogP contribution in [0.3, 0.4) is 0 Å². The number of hydrogen-bond donors (Lipinski definition) is 6. The fraction of sp³-hybridized carbons (Fsp3) is 0.433. The Labute approximate surface area is 247 Å². The molecule has 0 radical (unpaired) electrons. The molecule has 0 saturated carbocycles. The minimum absolute atomic E-state index is 0.0716. The number of carboxylic acids is 2. The number of carbonyl (C=O) groups excluding carboxylic acids is 1. The number of aliphatic hydroxyl groups excluding tert-OH is 4. The van der Waals surface area contributed by atoms with Crippen molar-refractivity contribution in [3.8, 4) is 11.5 Å². The molecule has 0 saturated heterocycles. The molecule has 43 heavy (non-hydrogen) atoms. The van der Waals surface area contributed by atoms with E-state index in [4.69, 9.17) is 44.8 Å². The Bertz CT molecular complexity index is 1340. The number of aliphatic hydroxyl groups is 4. The second kappa shape index (κ2) is 13.1. The van der Waals surface area contributed by atoms with Crippen molar-refractivity contribution in [2.24, 2.45) is 0 Å². The molecule has 0 aromatic heterocycles. The van der Waals surface area contributed by atoms with Crippen molar-refractivity contribution >= 4 is 17.9 Å². The number of rotatable bonds is 8. The lowest BCUT2D eigenvalue weighted by atomic mass is 9.69. The van der Waals surface area contributed by atoms with Gasteiger partial charge in [0.1, 0.15) is 24.4 Å². The first-order chi connectivity index (χ1) is 20.4. The predicted molar refractivity (Wildman–Crippen MR) is 149 cm³/mol. The molecule has 232 valence electrons. The van der Waals surface area contributed by atoms with Crippen molar-refractivity contribution in [1.29, 1.82) is 0 Å². The smallest absolute Gasteiger partial charge is 0.338 e. The second-order valence-electron chi connectivity index (χ2n) is 10.7. The Morgan fingerprint density at radius 1 is 0.977 bits per heavy atom. The van der Waals surface area contributed by atoms with Gasteiger partial charge in [-0.05, 0) is 49.9 Å². The average Bonchev–Trinajstić information content (AvgIpc) is 3.26. The Hall–Kier alpha value is -4.01. The van der Waals surface area contributed by atoms with E-state index in [9.17, 15) is 14.4 Å². The summed E-state index contributed by atoms with van der Waals surface area (Å²) >= 11 is 0. The molecular weight excluding hydrogens is 566 g/mol. The number of aliphatic carboxylic acids is 2. The third kappa shape index (κ3) is 6.50. The summed E-state index contributed by atoms with van der Waals surface area (Å²) < 4.78 is 17.9. The van der Waals surface area contributed by atoms with E-state index in [0.29, 0.717) is 12.0 Å². The van der Waals surface area contributed by atoms with Gasteiger partial charge in [0.05, 0.1) is 18.1 Å². The molecule has 6 N–H and O–H groups in total. The SMILES string of the molecule is COc1ccc2c3c1OC1C[C@@H](OC(=O)c4ccccc4)C=C[C@@]31CCN(C)C2.O=C(O)[C@@H](O)[C@@H](O)[C@H](O)[C@@H](O)C(=O)O. The summed E-state index contributed by atoms with van der Waals surface area (Å²) in [6.07, 6.45) is -3.79. The molecule has 13 nitrogen and oxygen atoms in total. The summed E-state index contributed by atoms with van der Waals surface area (Å²) in [5.74, 6) is -2.35. The molecule has 5 rings (SSSR count). The van der Waals surface area contributed by atoms with Crippen LogP contribution in [-0.2, 0) is 26.3 Å². The van der Waals surface area contributed by atoms with E-state index in [1.54, 1.807) is 19.2 Å². The number of benzene rings is 2. The van der Waals surface area contributed by atoms with Crippen LogP contribution in [0.1, 0.15) is 34.3 Å². The number of nitrogens with zero attached hydrogens (tertiary/aromatic N) is 1. The number of ether oxygens (including phenoxy) is 3. The van der Waals surface area contributed by atoms with Crippen molar-refractivity contribution in [2.45, 2.75) is 61.4 Å². The molecule has 1 spiro atoms. The highest BCUT2D eigenvalue weighted by Crippen LogP contribution is 2.55. The van der Waals surface area contributed by atoms with E-state index in [0.717, 1.165) is 31.0 Å². The number of carbonyl (C=O) groups is 3. The Morgan fingerprint density at radius 2 is 1.60 bits per heavy atom. The maximum absolute atomic E-state index is 12.5. The molecule has 1 unspecified atom stereocenters. The normalized spacial score (nSPS) is 24.8. The fourth-order valence-corrected chi connectivity index (χ4v) is 5.60. The Balaban J connectivity index is 0.000000258. The van der Waals surface area contributed by atoms with Gasteiger partial charge in [-0.25, -0.2) is 14.4 Å². The van der Waals surface area contributed by atoms with E-state index in [-0.39, 0.29) is 23.6 Å². The lowest BCUT2D eigenvalue weighted by Gasteiger charge is -2.36. The van der Waals surface area contributed by atoms with Gasteiger partial charge in [0.2, 0.25) is 0 Å². The molecule has 2 aliphatic heterocycles. The molecule has 13 heteroatoms. The largest absolute Gasteiger partial charge is 0.493 e. The zero-order valence-electron chi connectivity index (χ0n) is 23.6. The average molecular weight is 602 g/mol. The van der Waals surface area contributed by atoms with Gasteiger partial charge in [-0.3, -0.25) is 0 Å². The highest BCUT2D eigenvalue weighted by atomic mass is 16.6. The van der Waals surface area contributed by atoms with Gasteiger partial charge in [0, 0.05) is 18.5 Å². The number of hydrogen-bond acceptors (Lipinski definition) is 11. The first kappa shape index (κ1) is 31.9. The lowest BCUT2D eigenvalue weighted by molar-refractivity contribution is -0.172. The van der Waals surface area contributed by atoms with Gasteiger partial charge in [0.25, 0.3) is 0 Å². The van der Waals surface area contributed by atoms with E-state index >= 15 is 0 Å².